The first-order chi connectivity index (χ1) is 13.1. The minimum absolute atomic E-state index is 0.0212. The Morgan fingerprint density at radius 2 is 1.93 bits per heavy atom. The molecule has 1 aliphatic heterocycles. The van der Waals surface area contributed by atoms with Gasteiger partial charge in [-0.25, -0.2) is 0 Å². The second kappa shape index (κ2) is 9.37. The van der Waals surface area contributed by atoms with Crippen molar-refractivity contribution in [3.8, 4) is 0 Å². The highest BCUT2D eigenvalue weighted by atomic mass is 16.3. The maximum absolute atomic E-state index is 12.1. The van der Waals surface area contributed by atoms with E-state index < -0.39 is 0 Å². The second-order valence-corrected chi connectivity index (χ2v) is 7.03. The van der Waals surface area contributed by atoms with Crippen LogP contribution in [0.3, 0.4) is 0 Å². The van der Waals surface area contributed by atoms with E-state index >= 15 is 0 Å². The molecule has 0 bridgehead atoms. The van der Waals surface area contributed by atoms with Crippen molar-refractivity contribution in [1.82, 2.24) is 15.5 Å². The van der Waals surface area contributed by atoms with Crippen molar-refractivity contribution >= 4 is 11.8 Å². The lowest BCUT2D eigenvalue weighted by Gasteiger charge is -2.32. The number of nitrogens with zero attached hydrogens (tertiary/aromatic N) is 1. The van der Waals surface area contributed by atoms with Gasteiger partial charge >= 0.3 is 0 Å². The summed E-state index contributed by atoms with van der Waals surface area (Å²) in [5.41, 5.74) is 2.69. The van der Waals surface area contributed by atoms with E-state index in [2.05, 4.69) is 46.7 Å². The summed E-state index contributed by atoms with van der Waals surface area (Å²) in [7, 11) is 0. The molecule has 0 spiro atoms. The predicted octanol–water partition coefficient (Wildman–Crippen LogP) is 2.49. The first-order valence-corrected chi connectivity index (χ1v) is 9.50. The minimum Gasteiger partial charge on any atom is -0.459 e. The molecule has 1 aromatic heterocycles. The molecule has 6 nitrogen and oxygen atoms in total. The van der Waals surface area contributed by atoms with Crippen LogP contribution in [0.15, 0.2) is 47.1 Å². The number of piperidine rings is 1. The maximum Gasteiger partial charge on any atom is 0.286 e. The summed E-state index contributed by atoms with van der Waals surface area (Å²) in [6.07, 6.45) is 3.63. The summed E-state index contributed by atoms with van der Waals surface area (Å²) in [6.45, 7) is 5.37. The van der Waals surface area contributed by atoms with Crippen molar-refractivity contribution < 1.29 is 14.0 Å². The average Bonchev–Trinajstić information content (AvgIpc) is 3.20. The van der Waals surface area contributed by atoms with E-state index in [1.165, 1.54) is 17.4 Å². The molecule has 1 fully saturated rings. The zero-order chi connectivity index (χ0) is 19.1. The number of benzene rings is 1. The number of amides is 2. The van der Waals surface area contributed by atoms with Crippen LogP contribution >= 0.6 is 0 Å². The highest BCUT2D eigenvalue weighted by Crippen LogP contribution is 2.16. The molecule has 2 heterocycles. The van der Waals surface area contributed by atoms with Gasteiger partial charge in [-0.2, -0.15) is 0 Å². The van der Waals surface area contributed by atoms with Crippen molar-refractivity contribution in [2.75, 3.05) is 19.6 Å². The van der Waals surface area contributed by atoms with Crippen LogP contribution in [0.25, 0.3) is 0 Å². The van der Waals surface area contributed by atoms with Crippen LogP contribution in [-0.2, 0) is 11.3 Å². The number of likely N-dealkylation sites (tertiary alicyclic amines) is 1. The van der Waals surface area contributed by atoms with E-state index in [4.69, 9.17) is 4.42 Å². The maximum atomic E-state index is 12.1. The van der Waals surface area contributed by atoms with Gasteiger partial charge in [-0.3, -0.25) is 14.5 Å². The predicted molar refractivity (Wildman–Crippen MR) is 103 cm³/mol. The molecule has 0 radical (unpaired) electrons. The van der Waals surface area contributed by atoms with Crippen LogP contribution in [0, 0.1) is 6.92 Å². The molecular weight excluding hydrogens is 342 g/mol. The Bertz CT molecular complexity index is 750. The van der Waals surface area contributed by atoms with Gasteiger partial charge in [-0.1, -0.05) is 24.3 Å². The lowest BCUT2D eigenvalue weighted by Crippen LogP contribution is -2.45. The summed E-state index contributed by atoms with van der Waals surface area (Å²) in [5, 5.41) is 5.77. The van der Waals surface area contributed by atoms with Gasteiger partial charge in [0.25, 0.3) is 5.91 Å². The minimum atomic E-state index is -0.294. The van der Waals surface area contributed by atoms with Crippen LogP contribution < -0.4 is 10.6 Å². The fourth-order valence-electron chi connectivity index (χ4n) is 3.35. The van der Waals surface area contributed by atoms with Gasteiger partial charge in [0.15, 0.2) is 5.76 Å². The van der Waals surface area contributed by atoms with Gasteiger partial charge in [-0.15, -0.1) is 0 Å². The number of nitrogens with one attached hydrogen (secondary N) is 2. The van der Waals surface area contributed by atoms with Gasteiger partial charge in [-0.05, 0) is 43.0 Å². The molecule has 1 saturated heterocycles. The van der Waals surface area contributed by atoms with Gasteiger partial charge in [0.05, 0.1) is 6.26 Å². The second-order valence-electron chi connectivity index (χ2n) is 7.03. The van der Waals surface area contributed by atoms with E-state index in [0.29, 0.717) is 6.54 Å². The lowest BCUT2D eigenvalue weighted by molar-refractivity contribution is -0.122. The molecule has 2 N–H and O–H groups in total. The Kier molecular flexibility index (Phi) is 6.65. The van der Waals surface area contributed by atoms with Crippen molar-refractivity contribution in [2.45, 2.75) is 38.8 Å². The third kappa shape index (κ3) is 5.69. The van der Waals surface area contributed by atoms with Crippen molar-refractivity contribution in [3.05, 3.63) is 59.5 Å². The highest BCUT2D eigenvalue weighted by molar-refractivity contribution is 5.91. The molecule has 0 saturated carbocycles. The Balaban J connectivity index is 1.33. The first kappa shape index (κ1) is 19.2. The number of rotatable bonds is 7. The van der Waals surface area contributed by atoms with E-state index in [1.54, 1.807) is 12.1 Å². The van der Waals surface area contributed by atoms with Gasteiger partial charge in [0.1, 0.15) is 0 Å². The van der Waals surface area contributed by atoms with Gasteiger partial charge in [0.2, 0.25) is 5.91 Å². The summed E-state index contributed by atoms with van der Waals surface area (Å²) in [6, 6.07) is 11.9. The Labute approximate surface area is 159 Å². The van der Waals surface area contributed by atoms with E-state index in [-0.39, 0.29) is 30.0 Å². The summed E-state index contributed by atoms with van der Waals surface area (Å²) >= 11 is 0. The molecule has 1 aliphatic rings. The summed E-state index contributed by atoms with van der Waals surface area (Å²) < 4.78 is 5.02. The third-order valence-corrected chi connectivity index (χ3v) is 4.99. The highest BCUT2D eigenvalue weighted by Gasteiger charge is 2.21. The molecular formula is C21H27N3O3. The fraction of sp³-hybridized carbons (Fsp3) is 0.429. The molecule has 27 heavy (non-hydrogen) atoms. The normalized spacial score (nSPS) is 15.4. The summed E-state index contributed by atoms with van der Waals surface area (Å²) in [4.78, 5) is 26.3. The Hall–Kier alpha value is -2.60. The van der Waals surface area contributed by atoms with Crippen molar-refractivity contribution in [2.24, 2.45) is 0 Å². The molecule has 0 aliphatic carbocycles. The molecule has 0 atom stereocenters. The summed E-state index contributed by atoms with van der Waals surface area (Å²) in [5.74, 6) is -0.0548. The molecule has 1 aromatic carbocycles. The Morgan fingerprint density at radius 3 is 2.63 bits per heavy atom. The average molecular weight is 369 g/mol. The monoisotopic (exact) mass is 369 g/mol. The van der Waals surface area contributed by atoms with E-state index in [0.717, 1.165) is 32.5 Å². The molecule has 3 rings (SSSR count). The third-order valence-electron chi connectivity index (χ3n) is 4.99. The van der Waals surface area contributed by atoms with Crippen LogP contribution in [-0.4, -0.2) is 42.4 Å². The molecule has 0 unspecified atom stereocenters. The topological polar surface area (TPSA) is 74.6 Å². The largest absolute Gasteiger partial charge is 0.459 e. The van der Waals surface area contributed by atoms with Gasteiger partial charge in [0, 0.05) is 38.6 Å². The van der Waals surface area contributed by atoms with Crippen molar-refractivity contribution in [3.63, 3.8) is 0 Å². The van der Waals surface area contributed by atoms with Crippen LogP contribution in [0.1, 0.15) is 40.9 Å². The van der Waals surface area contributed by atoms with Crippen molar-refractivity contribution in [1.29, 1.82) is 0 Å². The lowest BCUT2D eigenvalue weighted by atomic mass is 10.0. The molecule has 2 amide bonds. The van der Waals surface area contributed by atoms with Gasteiger partial charge < -0.3 is 15.1 Å². The Morgan fingerprint density at radius 1 is 1.15 bits per heavy atom. The quantitative estimate of drug-likeness (QED) is 0.786. The van der Waals surface area contributed by atoms with Crippen LogP contribution in [0.5, 0.6) is 0 Å². The van der Waals surface area contributed by atoms with Crippen LogP contribution in [0.4, 0.5) is 0 Å². The number of aryl methyl sites for hydroxylation is 1. The molecule has 144 valence electrons. The molecule has 6 heteroatoms. The SMILES string of the molecule is Cc1ccccc1CN1CCC(NC(=O)CCNC(=O)c2ccco2)CC1. The molecule has 2 aromatic rings. The number of carbonyl (C=O) groups excluding carboxylic acids is 2. The fourth-order valence-corrected chi connectivity index (χ4v) is 3.35. The number of hydrogen-bond acceptors (Lipinski definition) is 4. The van der Waals surface area contributed by atoms with Crippen LogP contribution in [0.2, 0.25) is 0 Å². The standard InChI is InChI=1S/C21H27N3O3/c1-16-5-2-3-6-17(16)15-24-12-9-18(10-13-24)23-20(25)8-11-22-21(26)19-7-4-14-27-19/h2-7,14,18H,8-13,15H2,1H3,(H,22,26)(H,23,25). The zero-order valence-electron chi connectivity index (χ0n) is 15.7. The van der Waals surface area contributed by atoms with E-state index in [9.17, 15) is 9.59 Å². The smallest absolute Gasteiger partial charge is 0.286 e. The number of hydrogen-bond donors (Lipinski definition) is 2. The van der Waals surface area contributed by atoms with E-state index in [1.807, 2.05) is 0 Å². The first-order valence-electron chi connectivity index (χ1n) is 9.50. The number of furan rings is 1. The zero-order valence-corrected chi connectivity index (χ0v) is 15.7. The number of carbonyl (C=O) groups is 2.